The fraction of sp³-hybridized carbons (Fsp3) is 0.625. The van der Waals surface area contributed by atoms with Crippen LogP contribution in [-0.4, -0.2) is 53.4 Å². The first-order valence-corrected chi connectivity index (χ1v) is 7.71. The highest BCUT2D eigenvalue weighted by atomic mass is 35.5. The molecule has 0 unspecified atom stereocenters. The summed E-state index contributed by atoms with van der Waals surface area (Å²) in [6, 6.07) is 3.42. The van der Waals surface area contributed by atoms with Gasteiger partial charge in [-0.05, 0) is 31.1 Å². The SMILES string of the molecule is CCN(CC)CCN(CC(C)C)C(=O)c1ccc(N)cn1.Cl.Cl. The molecular formula is C16H30Cl2N4O. The van der Waals surface area contributed by atoms with Gasteiger partial charge in [0.15, 0.2) is 0 Å². The van der Waals surface area contributed by atoms with Crippen LogP contribution >= 0.6 is 24.8 Å². The number of anilines is 1. The molecule has 0 radical (unpaired) electrons. The maximum Gasteiger partial charge on any atom is 0.272 e. The Morgan fingerprint density at radius 2 is 1.78 bits per heavy atom. The fourth-order valence-electron chi connectivity index (χ4n) is 2.21. The summed E-state index contributed by atoms with van der Waals surface area (Å²) in [6.07, 6.45) is 1.53. The van der Waals surface area contributed by atoms with E-state index in [4.69, 9.17) is 5.73 Å². The van der Waals surface area contributed by atoms with Crippen molar-refractivity contribution in [3.05, 3.63) is 24.0 Å². The molecule has 1 aromatic rings. The lowest BCUT2D eigenvalue weighted by atomic mass is 10.2. The van der Waals surface area contributed by atoms with Gasteiger partial charge in [0.05, 0.1) is 11.9 Å². The number of carbonyl (C=O) groups is 1. The molecule has 0 aliphatic heterocycles. The number of pyridine rings is 1. The molecule has 5 nitrogen and oxygen atoms in total. The molecule has 0 bridgehead atoms. The molecule has 0 aliphatic carbocycles. The van der Waals surface area contributed by atoms with E-state index in [0.717, 1.165) is 32.7 Å². The number of hydrogen-bond acceptors (Lipinski definition) is 4. The second-order valence-electron chi connectivity index (χ2n) is 5.65. The summed E-state index contributed by atoms with van der Waals surface area (Å²) >= 11 is 0. The highest BCUT2D eigenvalue weighted by Crippen LogP contribution is 2.08. The Morgan fingerprint density at radius 1 is 1.17 bits per heavy atom. The van der Waals surface area contributed by atoms with Crippen LogP contribution in [0.3, 0.4) is 0 Å². The second-order valence-corrected chi connectivity index (χ2v) is 5.65. The number of nitrogen functional groups attached to an aromatic ring is 1. The minimum Gasteiger partial charge on any atom is -0.397 e. The largest absolute Gasteiger partial charge is 0.397 e. The van der Waals surface area contributed by atoms with Crippen molar-refractivity contribution in [3.8, 4) is 0 Å². The van der Waals surface area contributed by atoms with Gasteiger partial charge in [-0.3, -0.25) is 4.79 Å². The molecule has 0 saturated heterocycles. The minimum absolute atomic E-state index is 0. The fourth-order valence-corrected chi connectivity index (χ4v) is 2.21. The zero-order valence-corrected chi connectivity index (χ0v) is 16.1. The molecule has 0 spiro atoms. The average molecular weight is 365 g/mol. The second kappa shape index (κ2) is 12.4. The average Bonchev–Trinajstić information content (AvgIpc) is 2.46. The van der Waals surface area contributed by atoms with Gasteiger partial charge in [-0.2, -0.15) is 0 Å². The highest BCUT2D eigenvalue weighted by molar-refractivity contribution is 5.92. The standard InChI is InChI=1S/C16H28N4O.2ClH/c1-5-19(6-2)9-10-20(12-13(3)4)16(21)15-8-7-14(17)11-18-15;;/h7-8,11,13H,5-6,9-10,12,17H2,1-4H3;2*1H. The van der Waals surface area contributed by atoms with Gasteiger partial charge in [0, 0.05) is 19.6 Å². The number of aromatic nitrogens is 1. The molecule has 0 fully saturated rings. The maximum atomic E-state index is 12.6. The van der Waals surface area contributed by atoms with Crippen molar-refractivity contribution in [2.75, 3.05) is 38.5 Å². The summed E-state index contributed by atoms with van der Waals surface area (Å²) in [5.74, 6) is 0.412. The van der Waals surface area contributed by atoms with Gasteiger partial charge >= 0.3 is 0 Å². The molecule has 0 saturated carbocycles. The van der Waals surface area contributed by atoms with E-state index < -0.39 is 0 Å². The third kappa shape index (κ3) is 8.39. The highest BCUT2D eigenvalue weighted by Gasteiger charge is 2.18. The van der Waals surface area contributed by atoms with Crippen LogP contribution in [0.4, 0.5) is 5.69 Å². The van der Waals surface area contributed by atoms with Crippen LogP contribution in [0, 0.1) is 5.92 Å². The zero-order chi connectivity index (χ0) is 15.8. The van der Waals surface area contributed by atoms with Crippen molar-refractivity contribution in [2.24, 2.45) is 5.92 Å². The monoisotopic (exact) mass is 364 g/mol. The van der Waals surface area contributed by atoms with E-state index in [2.05, 4.69) is 37.6 Å². The molecule has 23 heavy (non-hydrogen) atoms. The van der Waals surface area contributed by atoms with Crippen LogP contribution in [0.15, 0.2) is 18.3 Å². The molecule has 1 rings (SSSR count). The Morgan fingerprint density at radius 3 is 2.22 bits per heavy atom. The molecule has 1 aromatic heterocycles. The van der Waals surface area contributed by atoms with Crippen LogP contribution in [0.2, 0.25) is 0 Å². The van der Waals surface area contributed by atoms with Crippen LogP contribution in [0.5, 0.6) is 0 Å². The molecule has 1 amide bonds. The lowest BCUT2D eigenvalue weighted by Gasteiger charge is -2.27. The number of hydrogen-bond donors (Lipinski definition) is 1. The van der Waals surface area contributed by atoms with E-state index in [1.165, 1.54) is 6.20 Å². The number of carbonyl (C=O) groups excluding carboxylic acids is 1. The van der Waals surface area contributed by atoms with Crippen LogP contribution in [0.25, 0.3) is 0 Å². The number of likely N-dealkylation sites (N-methyl/N-ethyl adjacent to an activating group) is 1. The Balaban J connectivity index is 0. The molecule has 7 heteroatoms. The van der Waals surface area contributed by atoms with Gasteiger partial charge in [-0.15, -0.1) is 24.8 Å². The molecule has 134 valence electrons. The summed E-state index contributed by atoms with van der Waals surface area (Å²) in [4.78, 5) is 20.9. The number of amides is 1. The smallest absolute Gasteiger partial charge is 0.272 e. The van der Waals surface area contributed by atoms with Crippen molar-refractivity contribution in [1.82, 2.24) is 14.8 Å². The number of nitrogens with zero attached hydrogens (tertiary/aromatic N) is 3. The number of rotatable bonds is 8. The lowest BCUT2D eigenvalue weighted by Crippen LogP contribution is -2.40. The summed E-state index contributed by atoms with van der Waals surface area (Å²) in [5, 5.41) is 0. The van der Waals surface area contributed by atoms with E-state index >= 15 is 0 Å². The van der Waals surface area contributed by atoms with E-state index in [1.807, 2.05) is 4.90 Å². The summed E-state index contributed by atoms with van der Waals surface area (Å²) in [5.41, 5.74) is 6.66. The normalized spacial score (nSPS) is 10.2. The predicted octanol–water partition coefficient (Wildman–Crippen LogP) is 2.95. The molecule has 0 aromatic carbocycles. The lowest BCUT2D eigenvalue weighted by molar-refractivity contribution is 0.0710. The first kappa shape index (κ1) is 24.2. The van der Waals surface area contributed by atoms with Crippen molar-refractivity contribution >= 4 is 36.4 Å². The Kier molecular flexibility index (Phi) is 13.0. The molecule has 0 atom stereocenters. The van der Waals surface area contributed by atoms with E-state index in [-0.39, 0.29) is 30.7 Å². The van der Waals surface area contributed by atoms with Crippen LogP contribution in [-0.2, 0) is 0 Å². The predicted molar refractivity (Wildman–Crippen MR) is 102 cm³/mol. The summed E-state index contributed by atoms with van der Waals surface area (Å²) < 4.78 is 0. The molecule has 1 heterocycles. The molecular weight excluding hydrogens is 335 g/mol. The number of halogens is 2. The van der Waals surface area contributed by atoms with Gasteiger partial charge in [0.2, 0.25) is 0 Å². The minimum atomic E-state index is -0.0177. The topological polar surface area (TPSA) is 62.5 Å². The summed E-state index contributed by atoms with van der Waals surface area (Å²) in [6.45, 7) is 12.9. The van der Waals surface area contributed by atoms with Crippen molar-refractivity contribution in [3.63, 3.8) is 0 Å². The van der Waals surface area contributed by atoms with Crippen molar-refractivity contribution in [1.29, 1.82) is 0 Å². The van der Waals surface area contributed by atoms with Gasteiger partial charge in [0.1, 0.15) is 5.69 Å². The zero-order valence-electron chi connectivity index (χ0n) is 14.5. The summed E-state index contributed by atoms with van der Waals surface area (Å²) in [7, 11) is 0. The van der Waals surface area contributed by atoms with E-state index in [9.17, 15) is 4.79 Å². The van der Waals surface area contributed by atoms with Crippen LogP contribution in [0.1, 0.15) is 38.2 Å². The third-order valence-electron chi connectivity index (χ3n) is 3.46. The van der Waals surface area contributed by atoms with Crippen LogP contribution < -0.4 is 5.73 Å². The quantitative estimate of drug-likeness (QED) is 0.769. The first-order valence-electron chi connectivity index (χ1n) is 7.71. The van der Waals surface area contributed by atoms with E-state index in [0.29, 0.717) is 17.3 Å². The van der Waals surface area contributed by atoms with Gasteiger partial charge in [-0.1, -0.05) is 27.7 Å². The van der Waals surface area contributed by atoms with Gasteiger partial charge in [0.25, 0.3) is 5.91 Å². The Bertz CT molecular complexity index is 436. The van der Waals surface area contributed by atoms with E-state index in [1.54, 1.807) is 12.1 Å². The maximum absolute atomic E-state index is 12.6. The van der Waals surface area contributed by atoms with Crippen molar-refractivity contribution in [2.45, 2.75) is 27.7 Å². The van der Waals surface area contributed by atoms with Crippen molar-refractivity contribution < 1.29 is 4.79 Å². The van der Waals surface area contributed by atoms with Gasteiger partial charge < -0.3 is 15.5 Å². The first-order chi connectivity index (χ1) is 9.97. The molecule has 2 N–H and O–H groups in total. The molecule has 0 aliphatic rings. The Hall–Kier alpha value is -1.04. The number of nitrogens with two attached hydrogens (primary N) is 1. The Labute approximate surface area is 152 Å². The van der Waals surface area contributed by atoms with Gasteiger partial charge in [-0.25, -0.2) is 4.98 Å². The third-order valence-corrected chi connectivity index (χ3v) is 3.46.